The van der Waals surface area contributed by atoms with Gasteiger partial charge in [-0.15, -0.1) is 12.4 Å². The van der Waals surface area contributed by atoms with Gasteiger partial charge in [0.15, 0.2) is 6.61 Å². The lowest BCUT2D eigenvalue weighted by molar-refractivity contribution is -0.124. The lowest BCUT2D eigenvalue weighted by Gasteiger charge is -2.30. The van der Waals surface area contributed by atoms with Crippen molar-refractivity contribution in [1.29, 1.82) is 0 Å². The number of ether oxygens (including phenoxy) is 1. The molecule has 1 amide bonds. The van der Waals surface area contributed by atoms with Crippen LogP contribution in [0.4, 0.5) is 5.82 Å². The van der Waals surface area contributed by atoms with Crippen LogP contribution in [0, 0.1) is 13.8 Å². The standard InChI is InChI=1S/C25H29N3O2.ClH/c1-17-6-5-7-21(14-17)30-16-25(29)27-20-12-10-19(11-13-20)26-24-15-18(2)22-8-3-4-9-23(22)28-24;/h3-9,14-15,19-20H,10-13,16H2,1-2H3,(H,26,28)(H,27,29);1H. The molecule has 3 aromatic rings. The molecule has 1 saturated carbocycles. The third kappa shape index (κ3) is 6.11. The normalized spacial score (nSPS) is 18.1. The van der Waals surface area contributed by atoms with Gasteiger partial charge in [0, 0.05) is 17.5 Å². The molecule has 0 bridgehead atoms. The van der Waals surface area contributed by atoms with E-state index in [4.69, 9.17) is 9.72 Å². The first-order valence-corrected chi connectivity index (χ1v) is 10.7. The van der Waals surface area contributed by atoms with Crippen LogP contribution in [0.15, 0.2) is 54.6 Å². The Morgan fingerprint density at radius 1 is 1.00 bits per heavy atom. The number of pyridine rings is 1. The third-order valence-electron chi connectivity index (χ3n) is 5.73. The fraction of sp³-hybridized carbons (Fsp3) is 0.360. The van der Waals surface area contributed by atoms with E-state index in [1.165, 1.54) is 10.9 Å². The number of aryl methyl sites for hydroxylation is 2. The van der Waals surface area contributed by atoms with Crippen molar-refractivity contribution < 1.29 is 9.53 Å². The van der Waals surface area contributed by atoms with Crippen LogP contribution < -0.4 is 15.4 Å². The monoisotopic (exact) mass is 439 g/mol. The number of fused-ring (bicyclic) bond motifs is 1. The molecule has 6 heteroatoms. The van der Waals surface area contributed by atoms with Crippen molar-refractivity contribution in [1.82, 2.24) is 10.3 Å². The maximum Gasteiger partial charge on any atom is 0.258 e. The summed E-state index contributed by atoms with van der Waals surface area (Å²) >= 11 is 0. The molecule has 0 aliphatic heterocycles. The number of para-hydroxylation sites is 1. The van der Waals surface area contributed by atoms with E-state index in [-0.39, 0.29) is 31.0 Å². The molecule has 2 aromatic carbocycles. The molecule has 0 atom stereocenters. The van der Waals surface area contributed by atoms with Crippen molar-refractivity contribution in [3.8, 4) is 5.75 Å². The Kier molecular flexibility index (Phi) is 7.75. The molecule has 0 unspecified atom stereocenters. The Balaban J connectivity index is 0.00000272. The van der Waals surface area contributed by atoms with Crippen LogP contribution in [0.25, 0.3) is 10.9 Å². The van der Waals surface area contributed by atoms with E-state index in [9.17, 15) is 4.79 Å². The first kappa shape index (κ1) is 22.9. The van der Waals surface area contributed by atoms with Gasteiger partial charge in [-0.25, -0.2) is 4.98 Å². The van der Waals surface area contributed by atoms with Crippen molar-refractivity contribution in [2.45, 2.75) is 51.6 Å². The van der Waals surface area contributed by atoms with Gasteiger partial charge < -0.3 is 15.4 Å². The largest absolute Gasteiger partial charge is 0.484 e. The zero-order chi connectivity index (χ0) is 20.9. The maximum atomic E-state index is 12.2. The number of aromatic nitrogens is 1. The van der Waals surface area contributed by atoms with E-state index >= 15 is 0 Å². The molecule has 1 fully saturated rings. The highest BCUT2D eigenvalue weighted by Crippen LogP contribution is 2.25. The van der Waals surface area contributed by atoms with Gasteiger partial charge in [-0.2, -0.15) is 0 Å². The van der Waals surface area contributed by atoms with Crippen molar-refractivity contribution in [3.05, 3.63) is 65.7 Å². The molecular formula is C25H30ClN3O2. The predicted molar refractivity (Wildman–Crippen MR) is 128 cm³/mol. The number of benzene rings is 2. The van der Waals surface area contributed by atoms with Crippen molar-refractivity contribution >= 4 is 35.0 Å². The van der Waals surface area contributed by atoms with Crippen molar-refractivity contribution in [2.24, 2.45) is 0 Å². The Morgan fingerprint density at radius 2 is 1.74 bits per heavy atom. The zero-order valence-electron chi connectivity index (χ0n) is 18.1. The molecule has 2 N–H and O–H groups in total. The van der Waals surface area contributed by atoms with E-state index < -0.39 is 0 Å². The van der Waals surface area contributed by atoms with Gasteiger partial charge in [-0.05, 0) is 74.9 Å². The summed E-state index contributed by atoms with van der Waals surface area (Å²) in [4.78, 5) is 17.0. The summed E-state index contributed by atoms with van der Waals surface area (Å²) in [6.07, 6.45) is 3.94. The van der Waals surface area contributed by atoms with Crippen molar-refractivity contribution in [2.75, 3.05) is 11.9 Å². The Labute approximate surface area is 190 Å². The highest BCUT2D eigenvalue weighted by Gasteiger charge is 2.23. The average molecular weight is 440 g/mol. The van der Waals surface area contributed by atoms with Crippen LogP contribution in [0.5, 0.6) is 5.75 Å². The fourth-order valence-electron chi connectivity index (χ4n) is 4.14. The molecule has 0 spiro atoms. The number of anilines is 1. The Bertz CT molecular complexity index is 1030. The van der Waals surface area contributed by atoms with Gasteiger partial charge in [-0.3, -0.25) is 4.79 Å². The summed E-state index contributed by atoms with van der Waals surface area (Å²) in [6.45, 7) is 4.19. The molecular weight excluding hydrogens is 410 g/mol. The smallest absolute Gasteiger partial charge is 0.258 e. The molecule has 1 aromatic heterocycles. The second kappa shape index (κ2) is 10.5. The van der Waals surface area contributed by atoms with Crippen LogP contribution in [-0.4, -0.2) is 29.6 Å². The lowest BCUT2D eigenvalue weighted by atomic mass is 9.91. The van der Waals surface area contributed by atoms with Gasteiger partial charge in [0.2, 0.25) is 0 Å². The first-order chi connectivity index (χ1) is 14.6. The highest BCUT2D eigenvalue weighted by atomic mass is 35.5. The number of nitrogens with one attached hydrogen (secondary N) is 2. The van der Waals surface area contributed by atoms with E-state index in [1.54, 1.807) is 0 Å². The van der Waals surface area contributed by atoms with Crippen molar-refractivity contribution in [3.63, 3.8) is 0 Å². The molecule has 164 valence electrons. The van der Waals surface area contributed by atoms with Crippen LogP contribution in [0.2, 0.25) is 0 Å². The van der Waals surface area contributed by atoms with Gasteiger partial charge in [0.25, 0.3) is 5.91 Å². The maximum absolute atomic E-state index is 12.2. The molecule has 1 aliphatic rings. The van der Waals surface area contributed by atoms with Gasteiger partial charge in [-0.1, -0.05) is 30.3 Å². The Hall–Kier alpha value is -2.79. The first-order valence-electron chi connectivity index (χ1n) is 10.7. The van der Waals surface area contributed by atoms with Gasteiger partial charge in [0.1, 0.15) is 11.6 Å². The summed E-state index contributed by atoms with van der Waals surface area (Å²) in [5.74, 6) is 1.61. The number of nitrogens with zero attached hydrogens (tertiary/aromatic N) is 1. The molecule has 0 saturated heterocycles. The summed E-state index contributed by atoms with van der Waals surface area (Å²) in [5.41, 5.74) is 3.38. The third-order valence-corrected chi connectivity index (χ3v) is 5.73. The minimum Gasteiger partial charge on any atom is -0.484 e. The fourth-order valence-corrected chi connectivity index (χ4v) is 4.14. The number of hydrogen-bond acceptors (Lipinski definition) is 4. The van der Waals surface area contributed by atoms with E-state index in [2.05, 4.69) is 35.8 Å². The average Bonchev–Trinajstić information content (AvgIpc) is 2.74. The van der Waals surface area contributed by atoms with Crippen LogP contribution >= 0.6 is 12.4 Å². The Morgan fingerprint density at radius 3 is 2.52 bits per heavy atom. The zero-order valence-corrected chi connectivity index (χ0v) is 18.9. The predicted octanol–water partition coefficient (Wildman–Crippen LogP) is 5.19. The van der Waals surface area contributed by atoms with E-state index in [1.807, 2.05) is 43.3 Å². The van der Waals surface area contributed by atoms with Gasteiger partial charge >= 0.3 is 0 Å². The SMILES string of the molecule is Cc1cccc(OCC(=O)NC2CCC(Nc3cc(C)c4ccccc4n3)CC2)c1.Cl. The van der Waals surface area contributed by atoms with Crippen LogP contribution in [0.1, 0.15) is 36.8 Å². The van der Waals surface area contributed by atoms with Crippen LogP contribution in [0.3, 0.4) is 0 Å². The summed E-state index contributed by atoms with van der Waals surface area (Å²) in [6, 6.07) is 18.7. The summed E-state index contributed by atoms with van der Waals surface area (Å²) < 4.78 is 5.60. The summed E-state index contributed by atoms with van der Waals surface area (Å²) in [5, 5.41) is 7.90. The van der Waals surface area contributed by atoms with E-state index in [0.717, 1.165) is 48.3 Å². The molecule has 1 aliphatic carbocycles. The minimum absolute atomic E-state index is 0. The minimum atomic E-state index is -0.0558. The number of carbonyl (C=O) groups excluding carboxylic acids is 1. The highest BCUT2D eigenvalue weighted by molar-refractivity contribution is 5.85. The number of carbonyl (C=O) groups is 1. The second-order valence-electron chi connectivity index (χ2n) is 8.21. The van der Waals surface area contributed by atoms with Crippen LogP contribution in [-0.2, 0) is 4.79 Å². The number of hydrogen-bond donors (Lipinski definition) is 2. The topological polar surface area (TPSA) is 63.2 Å². The number of amides is 1. The molecule has 5 nitrogen and oxygen atoms in total. The molecule has 31 heavy (non-hydrogen) atoms. The lowest BCUT2D eigenvalue weighted by Crippen LogP contribution is -2.42. The number of rotatable bonds is 6. The molecule has 4 rings (SSSR count). The molecule has 0 radical (unpaired) electrons. The molecule has 1 heterocycles. The quantitative estimate of drug-likeness (QED) is 0.554. The van der Waals surface area contributed by atoms with E-state index in [0.29, 0.717) is 6.04 Å². The summed E-state index contributed by atoms with van der Waals surface area (Å²) in [7, 11) is 0. The number of halogens is 1. The second-order valence-corrected chi connectivity index (χ2v) is 8.21. The van der Waals surface area contributed by atoms with Gasteiger partial charge in [0.05, 0.1) is 5.52 Å².